The fraction of sp³-hybridized carbons (Fsp3) is 0.472. The second-order valence-electron chi connectivity index (χ2n) is 12.9. The molecule has 3 N–H and O–H groups in total. The zero-order valence-corrected chi connectivity index (χ0v) is 27.4. The maximum Gasteiger partial charge on any atom is 0.408 e. The Labute approximate surface area is 281 Å². The predicted octanol–water partition coefficient (Wildman–Crippen LogP) is 2.17. The molecule has 252 valence electrons. The van der Waals surface area contributed by atoms with Crippen molar-refractivity contribution in [3.8, 4) is 17.9 Å². The Kier molecular flexibility index (Phi) is 11.3. The Morgan fingerprint density at radius 1 is 0.875 bits per heavy atom. The van der Waals surface area contributed by atoms with Crippen LogP contribution in [0.1, 0.15) is 48.9 Å². The minimum atomic E-state index is -1.27. The summed E-state index contributed by atoms with van der Waals surface area (Å²) in [6, 6.07) is 15.6. The first kappa shape index (κ1) is 34.4. The quantitative estimate of drug-likeness (QED) is 0.366. The van der Waals surface area contributed by atoms with Gasteiger partial charge in [0.1, 0.15) is 12.1 Å². The topological polar surface area (TPSA) is 155 Å². The van der Waals surface area contributed by atoms with Crippen LogP contribution in [0.5, 0.6) is 0 Å². The summed E-state index contributed by atoms with van der Waals surface area (Å²) in [6.45, 7) is 8.19. The number of carbonyl (C=O) groups excluding carboxylic acids is 3. The summed E-state index contributed by atoms with van der Waals surface area (Å²) in [5.74, 6) is 4.40. The number of nitrogens with zero attached hydrogens (tertiary/aromatic N) is 4. The average Bonchev–Trinajstić information content (AvgIpc) is 3.73. The molecule has 5 rings (SSSR count). The van der Waals surface area contributed by atoms with Crippen molar-refractivity contribution in [1.29, 1.82) is 5.26 Å². The van der Waals surface area contributed by atoms with Gasteiger partial charge in [-0.05, 0) is 48.2 Å². The van der Waals surface area contributed by atoms with Crippen molar-refractivity contribution in [1.82, 2.24) is 25.3 Å². The Bertz CT molecular complexity index is 1590. The molecule has 3 aliphatic rings. The lowest BCUT2D eigenvalue weighted by atomic mass is 10.1. The van der Waals surface area contributed by atoms with Crippen LogP contribution in [0, 0.1) is 35.0 Å². The van der Waals surface area contributed by atoms with E-state index in [2.05, 4.69) is 39.5 Å². The summed E-state index contributed by atoms with van der Waals surface area (Å²) in [5.41, 5.74) is 3.88. The largest absolute Gasteiger partial charge is 0.465 e. The molecule has 0 spiro atoms. The summed E-state index contributed by atoms with van der Waals surface area (Å²) in [4.78, 5) is 56.0. The molecule has 3 heterocycles. The van der Waals surface area contributed by atoms with Gasteiger partial charge < -0.3 is 25.4 Å². The van der Waals surface area contributed by atoms with Crippen LogP contribution in [-0.2, 0) is 32.2 Å². The Morgan fingerprint density at radius 2 is 1.48 bits per heavy atom. The Morgan fingerprint density at radius 3 is 2.06 bits per heavy atom. The highest BCUT2D eigenvalue weighted by molar-refractivity contribution is 5.90. The number of likely N-dealkylation sites (tertiary alicyclic amines) is 2. The average molecular weight is 655 g/mol. The minimum Gasteiger partial charge on any atom is -0.465 e. The highest BCUT2D eigenvalue weighted by atomic mass is 16.5. The molecule has 4 atom stereocenters. The molecular weight excluding hydrogens is 612 g/mol. The molecule has 12 heteroatoms. The van der Waals surface area contributed by atoms with Crippen LogP contribution >= 0.6 is 0 Å². The number of nitriles is 1. The number of amides is 4. The molecule has 0 bridgehead atoms. The van der Waals surface area contributed by atoms with Gasteiger partial charge in [-0.25, -0.2) is 4.79 Å². The summed E-state index contributed by atoms with van der Waals surface area (Å²) in [6.07, 6.45) is -0.967. The third-order valence-electron chi connectivity index (χ3n) is 8.99. The number of benzene rings is 2. The number of morpholine rings is 1. The number of carbonyl (C=O) groups is 4. The van der Waals surface area contributed by atoms with Crippen LogP contribution < -0.4 is 10.6 Å². The normalized spacial score (nSPS) is 22.5. The summed E-state index contributed by atoms with van der Waals surface area (Å²) < 4.78 is 5.42. The number of rotatable bonds is 8. The maximum absolute atomic E-state index is 13.4. The SMILES string of the molecule is CC(C)C(=O)N1C[C@H](NC(=O)[C@@H]2C[C@H](C#N)CN2C(=O)O)C[C@@H]1C(=O)NCc1ccc(C#Cc2ccc(CN3CCOCC3)cc2)cc1. The van der Waals surface area contributed by atoms with Gasteiger partial charge in [0, 0.05) is 62.4 Å². The van der Waals surface area contributed by atoms with E-state index in [1.165, 1.54) is 10.5 Å². The molecule has 0 aromatic heterocycles. The van der Waals surface area contributed by atoms with Gasteiger partial charge in [0.15, 0.2) is 0 Å². The highest BCUT2D eigenvalue weighted by Gasteiger charge is 2.44. The van der Waals surface area contributed by atoms with E-state index in [1.807, 2.05) is 42.5 Å². The van der Waals surface area contributed by atoms with Gasteiger partial charge in [-0.2, -0.15) is 5.26 Å². The zero-order valence-electron chi connectivity index (χ0n) is 27.4. The van der Waals surface area contributed by atoms with Crippen LogP contribution in [0.2, 0.25) is 0 Å². The van der Waals surface area contributed by atoms with Crippen molar-refractivity contribution in [2.75, 3.05) is 39.4 Å². The fourth-order valence-corrected chi connectivity index (χ4v) is 6.32. The van der Waals surface area contributed by atoms with Crippen LogP contribution in [0.25, 0.3) is 0 Å². The lowest BCUT2D eigenvalue weighted by molar-refractivity contribution is -0.140. The fourth-order valence-electron chi connectivity index (χ4n) is 6.32. The molecule has 2 aromatic carbocycles. The second-order valence-corrected chi connectivity index (χ2v) is 12.9. The molecule has 0 saturated carbocycles. The van der Waals surface area contributed by atoms with E-state index in [0.29, 0.717) is 0 Å². The lowest BCUT2D eigenvalue weighted by Gasteiger charge is -2.26. The van der Waals surface area contributed by atoms with E-state index in [1.54, 1.807) is 13.8 Å². The summed E-state index contributed by atoms with van der Waals surface area (Å²) >= 11 is 0. The standard InChI is InChI=1S/C36H42N6O6/c1-24(2)35(45)41-23-30(39-34(44)31-17-29(19-37)22-42(31)36(46)47)18-32(41)33(43)38-20-27-9-5-25(6-10-27)3-4-26-7-11-28(12-8-26)21-40-13-15-48-16-14-40/h5-12,24,29-32H,13-18,20-23H2,1-2H3,(H,38,43)(H,39,44)(H,46,47)/t29-,30-,31+,32-/m1/s1. The molecule has 2 aromatic rings. The molecule has 3 saturated heterocycles. The molecule has 0 radical (unpaired) electrons. The first-order valence-corrected chi connectivity index (χ1v) is 16.4. The van der Waals surface area contributed by atoms with Crippen LogP contribution in [0.15, 0.2) is 48.5 Å². The van der Waals surface area contributed by atoms with Crippen LogP contribution in [0.3, 0.4) is 0 Å². The van der Waals surface area contributed by atoms with Gasteiger partial charge in [0.05, 0.1) is 25.2 Å². The first-order valence-electron chi connectivity index (χ1n) is 16.4. The molecule has 3 fully saturated rings. The molecule has 12 nitrogen and oxygen atoms in total. The minimum absolute atomic E-state index is 0.0328. The number of hydrogen-bond donors (Lipinski definition) is 3. The second kappa shape index (κ2) is 15.8. The number of carboxylic acid groups (broad SMARTS) is 1. The Hall–Kier alpha value is -4.91. The molecule has 4 amide bonds. The van der Waals surface area contributed by atoms with Gasteiger partial charge in [-0.15, -0.1) is 0 Å². The van der Waals surface area contributed by atoms with Crippen molar-refractivity contribution in [2.24, 2.45) is 11.8 Å². The van der Waals surface area contributed by atoms with Gasteiger partial charge in [0.25, 0.3) is 0 Å². The zero-order chi connectivity index (χ0) is 34.2. The predicted molar refractivity (Wildman–Crippen MR) is 176 cm³/mol. The summed E-state index contributed by atoms with van der Waals surface area (Å²) in [7, 11) is 0. The maximum atomic E-state index is 13.4. The van der Waals surface area contributed by atoms with Crippen molar-refractivity contribution in [3.05, 3.63) is 70.8 Å². The monoisotopic (exact) mass is 654 g/mol. The van der Waals surface area contributed by atoms with E-state index in [4.69, 9.17) is 4.74 Å². The third kappa shape index (κ3) is 8.71. The van der Waals surface area contributed by atoms with E-state index in [9.17, 15) is 29.5 Å². The van der Waals surface area contributed by atoms with E-state index in [0.717, 1.165) is 54.4 Å². The van der Waals surface area contributed by atoms with Crippen LogP contribution in [0.4, 0.5) is 4.79 Å². The molecule has 48 heavy (non-hydrogen) atoms. The van der Waals surface area contributed by atoms with Gasteiger partial charge >= 0.3 is 6.09 Å². The van der Waals surface area contributed by atoms with Crippen LogP contribution in [-0.4, -0.2) is 101 Å². The van der Waals surface area contributed by atoms with Gasteiger partial charge in [-0.3, -0.25) is 24.2 Å². The first-order chi connectivity index (χ1) is 23.1. The third-order valence-corrected chi connectivity index (χ3v) is 8.99. The van der Waals surface area contributed by atoms with Crippen molar-refractivity contribution in [2.45, 2.75) is 57.9 Å². The van der Waals surface area contributed by atoms with Crippen molar-refractivity contribution in [3.63, 3.8) is 0 Å². The smallest absolute Gasteiger partial charge is 0.408 e. The van der Waals surface area contributed by atoms with E-state index >= 15 is 0 Å². The number of ether oxygens (including phenoxy) is 1. The Balaban J connectivity index is 1.15. The number of hydrogen-bond acceptors (Lipinski definition) is 7. The van der Waals surface area contributed by atoms with Crippen molar-refractivity contribution < 1.29 is 29.0 Å². The van der Waals surface area contributed by atoms with Crippen molar-refractivity contribution >= 4 is 23.8 Å². The van der Waals surface area contributed by atoms with Gasteiger partial charge in [-0.1, -0.05) is 50.0 Å². The summed E-state index contributed by atoms with van der Waals surface area (Å²) in [5, 5.41) is 24.5. The molecular formula is C36H42N6O6. The molecule has 0 unspecified atom stereocenters. The van der Waals surface area contributed by atoms with E-state index in [-0.39, 0.29) is 50.2 Å². The molecule has 3 aliphatic heterocycles. The highest BCUT2D eigenvalue weighted by Crippen LogP contribution is 2.25. The molecule has 0 aliphatic carbocycles. The van der Waals surface area contributed by atoms with E-state index < -0.39 is 36.0 Å². The number of nitrogens with one attached hydrogen (secondary N) is 2. The lowest BCUT2D eigenvalue weighted by Crippen LogP contribution is -2.49. The van der Waals surface area contributed by atoms with Gasteiger partial charge in [0.2, 0.25) is 17.7 Å².